The summed E-state index contributed by atoms with van der Waals surface area (Å²) in [5.74, 6) is 0.942. The van der Waals surface area contributed by atoms with E-state index in [1.807, 2.05) is 6.07 Å². The molecule has 0 fully saturated rings. The molecular weight excluding hydrogens is 480 g/mol. The van der Waals surface area contributed by atoms with Gasteiger partial charge in [-0.05, 0) is 35.4 Å². The monoisotopic (exact) mass is 502 g/mol. The number of nitrogens with zero attached hydrogens (tertiary/aromatic N) is 3. The summed E-state index contributed by atoms with van der Waals surface area (Å²) in [6.07, 6.45) is -0.0738. The van der Waals surface area contributed by atoms with E-state index in [1.54, 1.807) is 48.5 Å². The fraction of sp³-hybridized carbons (Fsp3) is 0.192. The van der Waals surface area contributed by atoms with Crippen LogP contribution >= 0.6 is 0 Å². The number of nitro groups is 1. The smallest absolute Gasteiger partial charge is 0.331 e. The molecule has 1 aliphatic heterocycles. The first-order chi connectivity index (χ1) is 17.9. The Labute approximate surface area is 209 Å². The van der Waals surface area contributed by atoms with Crippen LogP contribution < -0.4 is 26.0 Å². The number of fused-ring (bicyclic) bond motifs is 2. The van der Waals surface area contributed by atoms with Crippen molar-refractivity contribution in [3.8, 4) is 11.5 Å². The molecule has 1 N–H and O–H groups in total. The van der Waals surface area contributed by atoms with Crippen molar-refractivity contribution in [2.24, 2.45) is 0 Å². The largest absolute Gasteiger partial charge is 0.454 e. The molecule has 5 rings (SSSR count). The van der Waals surface area contributed by atoms with Crippen LogP contribution in [0, 0.1) is 10.1 Å². The lowest BCUT2D eigenvalue weighted by molar-refractivity contribution is -0.384. The highest BCUT2D eigenvalue weighted by molar-refractivity contribution is 5.78. The van der Waals surface area contributed by atoms with Gasteiger partial charge in [0.05, 0.1) is 22.4 Å². The molecule has 0 bridgehead atoms. The van der Waals surface area contributed by atoms with Crippen LogP contribution in [0.3, 0.4) is 0 Å². The lowest BCUT2D eigenvalue weighted by atomic mass is 10.2. The Morgan fingerprint density at radius 1 is 0.946 bits per heavy atom. The average Bonchev–Trinajstić information content (AvgIpc) is 3.38. The Morgan fingerprint density at radius 3 is 2.46 bits per heavy atom. The molecule has 0 spiro atoms. The van der Waals surface area contributed by atoms with Gasteiger partial charge in [-0.3, -0.25) is 28.8 Å². The number of para-hydroxylation sites is 1. The van der Waals surface area contributed by atoms with Crippen LogP contribution in [0.5, 0.6) is 11.5 Å². The van der Waals surface area contributed by atoms with Crippen LogP contribution in [0.15, 0.2) is 76.3 Å². The molecule has 11 heteroatoms. The highest BCUT2D eigenvalue weighted by Gasteiger charge is 2.16. The van der Waals surface area contributed by atoms with Crippen LogP contribution in [-0.4, -0.2) is 26.8 Å². The number of rotatable bonds is 8. The maximum atomic E-state index is 13.3. The quantitative estimate of drug-likeness (QED) is 0.289. The summed E-state index contributed by atoms with van der Waals surface area (Å²) >= 11 is 0. The fourth-order valence-electron chi connectivity index (χ4n) is 4.18. The number of hydrogen-bond acceptors (Lipinski definition) is 7. The second-order valence-electron chi connectivity index (χ2n) is 8.48. The summed E-state index contributed by atoms with van der Waals surface area (Å²) in [6.45, 7) is 0.420. The van der Waals surface area contributed by atoms with E-state index in [0.29, 0.717) is 28.0 Å². The van der Waals surface area contributed by atoms with Gasteiger partial charge < -0.3 is 14.8 Å². The van der Waals surface area contributed by atoms with Gasteiger partial charge in [0.15, 0.2) is 11.5 Å². The predicted octanol–water partition coefficient (Wildman–Crippen LogP) is 2.55. The number of benzene rings is 3. The molecule has 37 heavy (non-hydrogen) atoms. The summed E-state index contributed by atoms with van der Waals surface area (Å²) in [7, 11) is 0. The van der Waals surface area contributed by atoms with Gasteiger partial charge >= 0.3 is 5.69 Å². The van der Waals surface area contributed by atoms with Crippen molar-refractivity contribution in [3.05, 3.63) is 109 Å². The molecule has 0 radical (unpaired) electrons. The molecule has 4 aromatic rings. The van der Waals surface area contributed by atoms with Crippen LogP contribution in [0.4, 0.5) is 5.69 Å². The number of hydrogen-bond donors (Lipinski definition) is 1. The molecule has 1 aromatic heterocycles. The number of ether oxygens (including phenoxy) is 2. The molecule has 1 aliphatic rings. The van der Waals surface area contributed by atoms with E-state index in [0.717, 1.165) is 10.1 Å². The maximum absolute atomic E-state index is 13.3. The fourth-order valence-corrected chi connectivity index (χ4v) is 4.18. The first-order valence-electron chi connectivity index (χ1n) is 11.5. The van der Waals surface area contributed by atoms with E-state index < -0.39 is 16.2 Å². The molecule has 0 atom stereocenters. The maximum Gasteiger partial charge on any atom is 0.331 e. The highest BCUT2D eigenvalue weighted by atomic mass is 16.7. The first kappa shape index (κ1) is 23.8. The van der Waals surface area contributed by atoms with Gasteiger partial charge in [0.25, 0.3) is 11.2 Å². The lowest BCUT2D eigenvalue weighted by Crippen LogP contribution is -2.41. The van der Waals surface area contributed by atoms with Gasteiger partial charge in [0.1, 0.15) is 0 Å². The summed E-state index contributed by atoms with van der Waals surface area (Å²) in [5, 5.41) is 14.1. The molecular formula is C26H22N4O7. The first-order valence-corrected chi connectivity index (χ1v) is 11.5. The zero-order chi connectivity index (χ0) is 25.9. The Morgan fingerprint density at radius 2 is 1.68 bits per heavy atom. The molecule has 3 aromatic carbocycles. The van der Waals surface area contributed by atoms with Crippen molar-refractivity contribution in [1.82, 2.24) is 14.5 Å². The van der Waals surface area contributed by atoms with Gasteiger partial charge in [-0.1, -0.05) is 30.3 Å². The number of carbonyl (C=O) groups is 1. The van der Waals surface area contributed by atoms with Gasteiger partial charge in [-0.15, -0.1) is 0 Å². The average molecular weight is 502 g/mol. The molecule has 188 valence electrons. The molecule has 2 heterocycles. The predicted molar refractivity (Wildman–Crippen MR) is 134 cm³/mol. The van der Waals surface area contributed by atoms with E-state index >= 15 is 0 Å². The summed E-state index contributed by atoms with van der Waals surface area (Å²) in [5.41, 5.74) is 0.822. The normalized spacial score (nSPS) is 12.0. The minimum Gasteiger partial charge on any atom is -0.454 e. The Bertz CT molecular complexity index is 1620. The van der Waals surface area contributed by atoms with Gasteiger partial charge in [0, 0.05) is 31.6 Å². The highest BCUT2D eigenvalue weighted by Crippen LogP contribution is 2.32. The van der Waals surface area contributed by atoms with Crippen molar-refractivity contribution in [2.45, 2.75) is 26.1 Å². The lowest BCUT2D eigenvalue weighted by Gasteiger charge is -2.14. The van der Waals surface area contributed by atoms with E-state index in [4.69, 9.17) is 9.47 Å². The van der Waals surface area contributed by atoms with Crippen LogP contribution in [0.1, 0.15) is 17.5 Å². The third-order valence-electron chi connectivity index (χ3n) is 6.11. The van der Waals surface area contributed by atoms with Crippen molar-refractivity contribution >= 4 is 22.5 Å². The molecule has 0 unspecified atom stereocenters. The number of non-ortho nitro benzene ring substituents is 1. The van der Waals surface area contributed by atoms with Crippen molar-refractivity contribution in [1.29, 1.82) is 0 Å². The zero-order valence-corrected chi connectivity index (χ0v) is 19.6. The summed E-state index contributed by atoms with van der Waals surface area (Å²) in [6, 6.07) is 18.0. The standard InChI is InChI=1S/C26H22N4O7/c31-24(27-14-18-7-10-22-23(13-18)37-16-36-22)11-12-28-25(32)20-3-1-2-4-21(20)29(26(28)33)15-17-5-8-19(9-6-17)30(34)35/h1-10,13H,11-12,14-16H2,(H,27,31). The second-order valence-corrected chi connectivity index (χ2v) is 8.48. The molecule has 0 saturated carbocycles. The molecule has 0 aliphatic carbocycles. The summed E-state index contributed by atoms with van der Waals surface area (Å²) in [4.78, 5) is 49.4. The number of nitrogens with one attached hydrogen (secondary N) is 1. The Kier molecular flexibility index (Phi) is 6.42. The molecule has 11 nitrogen and oxygen atoms in total. The number of nitro benzene ring substituents is 1. The third-order valence-corrected chi connectivity index (χ3v) is 6.11. The van der Waals surface area contributed by atoms with E-state index in [1.165, 1.54) is 16.7 Å². The van der Waals surface area contributed by atoms with Crippen molar-refractivity contribution in [2.75, 3.05) is 6.79 Å². The third kappa shape index (κ3) is 4.92. The summed E-state index contributed by atoms with van der Waals surface area (Å²) < 4.78 is 13.1. The molecule has 1 amide bonds. The van der Waals surface area contributed by atoms with E-state index in [2.05, 4.69) is 5.32 Å². The number of carbonyl (C=O) groups excluding carboxylic acids is 1. The molecule has 0 saturated heterocycles. The number of amides is 1. The van der Waals surface area contributed by atoms with Gasteiger partial charge in [0.2, 0.25) is 12.7 Å². The van der Waals surface area contributed by atoms with E-state index in [-0.39, 0.29) is 44.4 Å². The van der Waals surface area contributed by atoms with Crippen LogP contribution in [-0.2, 0) is 24.4 Å². The second kappa shape index (κ2) is 9.97. The van der Waals surface area contributed by atoms with Crippen molar-refractivity contribution < 1.29 is 19.2 Å². The van der Waals surface area contributed by atoms with Crippen LogP contribution in [0.25, 0.3) is 10.9 Å². The van der Waals surface area contributed by atoms with Crippen molar-refractivity contribution in [3.63, 3.8) is 0 Å². The van der Waals surface area contributed by atoms with Gasteiger partial charge in [-0.2, -0.15) is 0 Å². The SMILES string of the molecule is O=C(CCn1c(=O)c2ccccc2n(Cc2ccc([N+](=O)[O-])cc2)c1=O)NCc1ccc2c(c1)OCO2. The topological polar surface area (TPSA) is 135 Å². The minimum absolute atomic E-state index is 0.0577. The van der Waals surface area contributed by atoms with E-state index in [9.17, 15) is 24.5 Å². The zero-order valence-electron chi connectivity index (χ0n) is 19.6. The number of aromatic nitrogens is 2. The van der Waals surface area contributed by atoms with Crippen LogP contribution in [0.2, 0.25) is 0 Å². The Balaban J connectivity index is 1.35. The minimum atomic E-state index is -0.564. The Hall–Kier alpha value is -4.93. The van der Waals surface area contributed by atoms with Gasteiger partial charge in [-0.25, -0.2) is 4.79 Å².